The number of carboxylic acids is 2. The van der Waals surface area contributed by atoms with Crippen LogP contribution >= 0.6 is 0 Å². The fourth-order valence-electron chi connectivity index (χ4n) is 4.66. The van der Waals surface area contributed by atoms with E-state index in [1.54, 1.807) is 12.2 Å². The zero-order valence-electron chi connectivity index (χ0n) is 29.5. The van der Waals surface area contributed by atoms with Crippen LogP contribution in [0.1, 0.15) is 168 Å². The van der Waals surface area contributed by atoms with Gasteiger partial charge in [-0.2, -0.15) is 0 Å². The second-order valence-electron chi connectivity index (χ2n) is 11.9. The van der Waals surface area contributed by atoms with E-state index >= 15 is 0 Å². The average molecular weight is 733 g/mol. The number of carbonyl (C=O) groups is 2. The summed E-state index contributed by atoms with van der Waals surface area (Å²) in [4.78, 5) is 20.3. The van der Waals surface area contributed by atoms with E-state index in [9.17, 15) is 36.6 Å². The van der Waals surface area contributed by atoms with Crippen molar-refractivity contribution in [3.05, 3.63) is 23.0 Å². The third kappa shape index (κ3) is 45.5. The van der Waals surface area contributed by atoms with Gasteiger partial charge in [-0.05, 0) is 25.7 Å². The standard InChI is InChI=1S/2C17H33NO4S.Ca/c2*1-2-3-4-5-6-7-8-9-10-11-12-13-14-15-23(21,22)18-16-17(19)20;/h2*14-15,18H,2-13,16H2,1H3,(H,19,20);/q;;+2/p-2/b2*15-14+;. The van der Waals surface area contributed by atoms with Gasteiger partial charge >= 0.3 is 37.7 Å². The number of carboxylic acid groups (broad SMARTS) is 2. The van der Waals surface area contributed by atoms with Crippen molar-refractivity contribution in [2.45, 2.75) is 168 Å². The second kappa shape index (κ2) is 36.8. The molecule has 0 atom stereocenters. The molecule has 0 aromatic rings. The molecule has 0 aliphatic heterocycles. The number of nitrogens with one attached hydrogen (secondary N) is 2. The molecule has 0 radical (unpaired) electrons. The molecular formula is C34H64CaN2O8S2. The van der Waals surface area contributed by atoms with Crippen LogP contribution in [0.25, 0.3) is 0 Å². The molecule has 0 spiro atoms. The molecule has 10 nitrogen and oxygen atoms in total. The van der Waals surface area contributed by atoms with Crippen LogP contribution in [0, 0.1) is 0 Å². The molecule has 2 N–H and O–H groups in total. The molecule has 0 fully saturated rings. The third-order valence-electron chi connectivity index (χ3n) is 7.33. The Hall–Kier alpha value is -0.500. The Bertz CT molecular complexity index is 924. The molecule has 0 aromatic carbocycles. The summed E-state index contributed by atoms with van der Waals surface area (Å²) in [6.45, 7) is 3.08. The van der Waals surface area contributed by atoms with Gasteiger partial charge in [0.2, 0.25) is 20.0 Å². The number of carbonyl (C=O) groups excluding carboxylic acids is 2. The number of unbranched alkanes of at least 4 members (excludes halogenated alkanes) is 22. The Morgan fingerprint density at radius 3 is 0.936 bits per heavy atom. The predicted octanol–water partition coefficient (Wildman–Crippen LogP) is 5.36. The van der Waals surface area contributed by atoms with Gasteiger partial charge in [0.15, 0.2) is 0 Å². The maximum atomic E-state index is 11.3. The topological polar surface area (TPSA) is 173 Å². The van der Waals surface area contributed by atoms with Crippen LogP contribution in [0.15, 0.2) is 23.0 Å². The molecule has 0 amide bonds. The molecule has 0 unspecified atom stereocenters. The maximum absolute atomic E-state index is 11.3. The molecule has 0 saturated heterocycles. The largest absolute Gasteiger partial charge is 2.00 e. The molecule has 0 rings (SSSR count). The first kappa shape index (κ1) is 50.9. The number of rotatable bonds is 32. The smallest absolute Gasteiger partial charge is 0.549 e. The van der Waals surface area contributed by atoms with Gasteiger partial charge in [0.25, 0.3) is 0 Å². The Labute approximate surface area is 317 Å². The van der Waals surface area contributed by atoms with Crippen LogP contribution in [-0.4, -0.2) is 79.6 Å². The van der Waals surface area contributed by atoms with Gasteiger partial charge < -0.3 is 19.8 Å². The molecule has 272 valence electrons. The van der Waals surface area contributed by atoms with Gasteiger partial charge in [0.05, 0.1) is 25.0 Å². The summed E-state index contributed by atoms with van der Waals surface area (Å²) < 4.78 is 49.2. The summed E-state index contributed by atoms with van der Waals surface area (Å²) in [7, 11) is -7.29. The van der Waals surface area contributed by atoms with E-state index in [2.05, 4.69) is 13.8 Å². The molecule has 0 saturated carbocycles. The van der Waals surface area contributed by atoms with Crippen LogP contribution in [0.5, 0.6) is 0 Å². The zero-order chi connectivity index (χ0) is 34.8. The second-order valence-corrected chi connectivity index (χ2v) is 15.2. The van der Waals surface area contributed by atoms with Crippen LogP contribution < -0.4 is 19.7 Å². The fourth-order valence-corrected chi connectivity index (χ4v) is 6.27. The fraction of sp³-hybridized carbons (Fsp3) is 0.824. The number of sulfonamides is 2. The number of hydrogen-bond donors (Lipinski definition) is 2. The average Bonchev–Trinajstić information content (AvgIpc) is 3.00. The van der Waals surface area contributed by atoms with E-state index in [0.29, 0.717) is 12.8 Å². The Morgan fingerprint density at radius 2 is 0.702 bits per heavy atom. The van der Waals surface area contributed by atoms with Crippen molar-refractivity contribution in [1.29, 1.82) is 0 Å². The van der Waals surface area contributed by atoms with Crippen LogP contribution in [-0.2, 0) is 29.6 Å². The summed E-state index contributed by atoms with van der Waals surface area (Å²) in [5, 5.41) is 22.4. The SMILES string of the molecule is CCCCCCCCCCCCC/C=C/S(=O)(=O)NCC(=O)[O-].CCCCCCCCCCCCC/C=C/S(=O)(=O)NCC(=O)[O-].[Ca+2]. The third-order valence-corrected chi connectivity index (χ3v) is 9.53. The zero-order valence-corrected chi connectivity index (χ0v) is 33.3. The van der Waals surface area contributed by atoms with Crippen molar-refractivity contribution in [3.63, 3.8) is 0 Å². The Balaban J connectivity index is -0.000000807. The minimum absolute atomic E-state index is 0. The van der Waals surface area contributed by atoms with E-state index in [-0.39, 0.29) is 37.7 Å². The van der Waals surface area contributed by atoms with Crippen molar-refractivity contribution in [1.82, 2.24) is 9.44 Å². The molecule has 0 aromatic heterocycles. The van der Waals surface area contributed by atoms with E-state index in [1.165, 1.54) is 116 Å². The molecule has 0 bridgehead atoms. The van der Waals surface area contributed by atoms with Crippen molar-refractivity contribution < 1.29 is 36.6 Å². The van der Waals surface area contributed by atoms with E-state index in [4.69, 9.17) is 0 Å². The van der Waals surface area contributed by atoms with Gasteiger partial charge in [0, 0.05) is 10.8 Å². The first-order valence-corrected chi connectivity index (χ1v) is 20.8. The van der Waals surface area contributed by atoms with Gasteiger partial charge in [0.1, 0.15) is 0 Å². The summed E-state index contributed by atoms with van der Waals surface area (Å²) in [5.74, 6) is -2.88. The van der Waals surface area contributed by atoms with E-state index in [0.717, 1.165) is 36.5 Å². The number of allylic oxidation sites excluding steroid dienone is 2. The van der Waals surface area contributed by atoms with Crippen molar-refractivity contribution >= 4 is 69.7 Å². The first-order chi connectivity index (χ1) is 22.0. The molecular weight excluding hydrogens is 669 g/mol. The van der Waals surface area contributed by atoms with Crippen LogP contribution in [0.2, 0.25) is 0 Å². The molecule has 0 aliphatic carbocycles. The normalized spacial score (nSPS) is 11.8. The predicted molar refractivity (Wildman–Crippen MR) is 190 cm³/mol. The summed E-state index contributed by atoms with van der Waals surface area (Å²) in [5.41, 5.74) is 0. The van der Waals surface area contributed by atoms with Crippen LogP contribution in [0.3, 0.4) is 0 Å². The van der Waals surface area contributed by atoms with E-state index in [1.807, 2.05) is 9.44 Å². The molecule has 0 heterocycles. The molecule has 47 heavy (non-hydrogen) atoms. The minimum Gasteiger partial charge on any atom is -0.549 e. The Kier molecular flexibility index (Phi) is 39.8. The quantitative estimate of drug-likeness (QED) is 0.0687. The van der Waals surface area contributed by atoms with Crippen LogP contribution in [0.4, 0.5) is 0 Å². The molecule has 13 heteroatoms. The number of hydrogen-bond acceptors (Lipinski definition) is 8. The number of aliphatic carboxylic acids is 2. The van der Waals surface area contributed by atoms with Crippen molar-refractivity contribution in [3.8, 4) is 0 Å². The maximum Gasteiger partial charge on any atom is 2.00 e. The summed E-state index contributed by atoms with van der Waals surface area (Å²) in [6, 6.07) is 0. The monoisotopic (exact) mass is 732 g/mol. The van der Waals surface area contributed by atoms with Crippen molar-refractivity contribution in [2.75, 3.05) is 13.1 Å². The van der Waals surface area contributed by atoms with Gasteiger partial charge in [-0.15, -0.1) is 0 Å². The van der Waals surface area contributed by atoms with Gasteiger partial charge in [-0.3, -0.25) is 0 Å². The minimum atomic E-state index is -3.64. The van der Waals surface area contributed by atoms with Gasteiger partial charge in [-0.1, -0.05) is 154 Å². The van der Waals surface area contributed by atoms with Crippen molar-refractivity contribution in [2.24, 2.45) is 0 Å². The Morgan fingerprint density at radius 1 is 0.468 bits per heavy atom. The summed E-state index contributed by atoms with van der Waals surface area (Å²) >= 11 is 0. The molecule has 0 aliphatic rings. The summed E-state index contributed by atoms with van der Waals surface area (Å²) in [6.07, 6.45) is 32.2. The van der Waals surface area contributed by atoms with Gasteiger partial charge in [-0.25, -0.2) is 26.3 Å². The first-order valence-electron chi connectivity index (χ1n) is 17.7. The van der Waals surface area contributed by atoms with E-state index < -0.39 is 45.1 Å².